The van der Waals surface area contributed by atoms with Crippen molar-refractivity contribution in [3.05, 3.63) is 54.0 Å². The second kappa shape index (κ2) is 10.5. The zero-order valence-corrected chi connectivity index (χ0v) is 21.4. The number of ether oxygens (including phenoxy) is 2. The van der Waals surface area contributed by atoms with Crippen molar-refractivity contribution in [2.75, 3.05) is 20.3 Å². The first-order valence-electron chi connectivity index (χ1n) is 8.96. The molecule has 0 atom stereocenters. The Morgan fingerprint density at radius 1 is 1.23 bits per heavy atom. The predicted octanol–water partition coefficient (Wildman–Crippen LogP) is 5.54. The molecule has 0 radical (unpaired) electrons. The Balaban J connectivity index is 1.89. The Morgan fingerprint density at radius 2 is 1.90 bits per heavy atom. The van der Waals surface area contributed by atoms with E-state index in [2.05, 4.69) is 56.1 Å². The standard InChI is InChI=1S/C22H18I2N2O3S/c1-4-10-29-20-17(23)11-14(12-18(20)24)13-19-21(27)26(5-2)22(30-19)25-15-6-8-16(28-3)9-7-15/h1,6-9,11-13H,5,10H2,2-3H3/b19-13+,25-22?. The molecule has 0 spiro atoms. The summed E-state index contributed by atoms with van der Waals surface area (Å²) >= 11 is 5.81. The monoisotopic (exact) mass is 644 g/mol. The minimum absolute atomic E-state index is 0.0487. The van der Waals surface area contributed by atoms with Gasteiger partial charge in [0.1, 0.15) is 18.1 Å². The van der Waals surface area contributed by atoms with E-state index in [9.17, 15) is 4.79 Å². The van der Waals surface area contributed by atoms with Crippen LogP contribution < -0.4 is 9.47 Å². The first-order valence-corrected chi connectivity index (χ1v) is 11.9. The van der Waals surface area contributed by atoms with Crippen LogP contribution in [0.25, 0.3) is 6.08 Å². The maximum atomic E-state index is 12.9. The number of terminal acetylenes is 1. The molecule has 1 saturated heterocycles. The first-order chi connectivity index (χ1) is 14.5. The highest BCUT2D eigenvalue weighted by Crippen LogP contribution is 2.36. The predicted molar refractivity (Wildman–Crippen MR) is 139 cm³/mol. The Morgan fingerprint density at radius 3 is 2.47 bits per heavy atom. The highest BCUT2D eigenvalue weighted by Gasteiger charge is 2.32. The van der Waals surface area contributed by atoms with Crippen LogP contribution in [0.3, 0.4) is 0 Å². The summed E-state index contributed by atoms with van der Waals surface area (Å²) in [4.78, 5) is 19.9. The summed E-state index contributed by atoms with van der Waals surface area (Å²) in [5.74, 6) is 3.96. The fourth-order valence-electron chi connectivity index (χ4n) is 2.70. The number of aliphatic imine (C=N–C) groups is 1. The molecule has 2 aromatic carbocycles. The molecule has 1 aliphatic rings. The number of likely N-dealkylation sites (N-methyl/N-ethyl adjacent to an activating group) is 1. The highest BCUT2D eigenvalue weighted by molar-refractivity contribution is 14.1. The van der Waals surface area contributed by atoms with Crippen molar-refractivity contribution < 1.29 is 14.3 Å². The van der Waals surface area contributed by atoms with Gasteiger partial charge in [-0.2, -0.15) is 0 Å². The molecule has 1 fully saturated rings. The SMILES string of the molecule is C#CCOc1c(I)cc(/C=C2/SC(=Nc3ccc(OC)cc3)N(CC)C2=O)cc1I. The van der Waals surface area contributed by atoms with Crippen molar-refractivity contribution in [3.63, 3.8) is 0 Å². The number of thioether (sulfide) groups is 1. The van der Waals surface area contributed by atoms with E-state index in [0.29, 0.717) is 16.6 Å². The zero-order chi connectivity index (χ0) is 21.7. The number of halogens is 2. The van der Waals surface area contributed by atoms with Crippen LogP contribution in [0.4, 0.5) is 5.69 Å². The fourth-order valence-corrected chi connectivity index (χ4v) is 5.89. The van der Waals surface area contributed by atoms with Gasteiger partial charge in [0.2, 0.25) is 0 Å². The number of carbonyl (C=O) groups is 1. The van der Waals surface area contributed by atoms with Crippen LogP contribution in [-0.2, 0) is 4.79 Å². The van der Waals surface area contributed by atoms with E-state index < -0.39 is 0 Å². The number of methoxy groups -OCH3 is 1. The van der Waals surface area contributed by atoms with E-state index in [-0.39, 0.29) is 12.5 Å². The molecule has 154 valence electrons. The lowest BCUT2D eigenvalue weighted by Crippen LogP contribution is -2.28. The third-order valence-corrected chi connectivity index (χ3v) is 6.73. The van der Waals surface area contributed by atoms with Crippen LogP contribution in [0, 0.1) is 19.5 Å². The largest absolute Gasteiger partial charge is 0.497 e. The molecule has 0 aromatic heterocycles. The van der Waals surface area contributed by atoms with Crippen molar-refractivity contribution >= 4 is 79.8 Å². The molecule has 0 bridgehead atoms. The van der Waals surface area contributed by atoms with Crippen molar-refractivity contribution in [1.82, 2.24) is 4.90 Å². The smallest absolute Gasteiger partial charge is 0.266 e. The average Bonchev–Trinajstić information content (AvgIpc) is 3.02. The van der Waals surface area contributed by atoms with Crippen molar-refractivity contribution in [3.8, 4) is 23.8 Å². The van der Waals surface area contributed by atoms with Gasteiger partial charge in [-0.3, -0.25) is 9.69 Å². The molecule has 0 aliphatic carbocycles. The van der Waals surface area contributed by atoms with Crippen molar-refractivity contribution in [2.45, 2.75) is 6.92 Å². The number of rotatable bonds is 6. The molecular formula is C22H18I2N2O3S. The Kier molecular flexibility index (Phi) is 8.07. The van der Waals surface area contributed by atoms with E-state index in [0.717, 1.165) is 29.9 Å². The topological polar surface area (TPSA) is 51.1 Å². The van der Waals surface area contributed by atoms with E-state index in [1.165, 1.54) is 11.8 Å². The number of nitrogens with zero attached hydrogens (tertiary/aromatic N) is 2. The molecule has 1 heterocycles. The van der Waals surface area contributed by atoms with Gasteiger partial charge in [-0.15, -0.1) is 6.42 Å². The summed E-state index contributed by atoms with van der Waals surface area (Å²) in [5.41, 5.74) is 1.69. The molecule has 0 saturated carbocycles. The van der Waals surface area contributed by atoms with Crippen LogP contribution in [-0.4, -0.2) is 36.2 Å². The molecule has 8 heteroatoms. The molecule has 1 amide bonds. The zero-order valence-electron chi connectivity index (χ0n) is 16.3. The van der Waals surface area contributed by atoms with Gasteiger partial charge in [-0.05, 0) is 112 Å². The third kappa shape index (κ3) is 5.31. The maximum absolute atomic E-state index is 12.9. The highest BCUT2D eigenvalue weighted by atomic mass is 127. The lowest BCUT2D eigenvalue weighted by atomic mass is 10.2. The molecule has 5 nitrogen and oxygen atoms in total. The van der Waals surface area contributed by atoms with Gasteiger partial charge in [0.05, 0.1) is 24.8 Å². The number of hydrogen-bond acceptors (Lipinski definition) is 5. The quantitative estimate of drug-likeness (QED) is 0.236. The Labute approximate surface area is 207 Å². The molecule has 0 N–H and O–H groups in total. The number of hydrogen-bond donors (Lipinski definition) is 0. The van der Waals surface area contributed by atoms with Gasteiger partial charge in [0, 0.05) is 6.54 Å². The number of amidine groups is 1. The van der Waals surface area contributed by atoms with E-state index in [1.54, 1.807) is 12.0 Å². The second-order valence-corrected chi connectivity index (χ2v) is 9.39. The Bertz CT molecular complexity index is 1040. The summed E-state index contributed by atoms with van der Waals surface area (Å²) in [6.07, 6.45) is 7.18. The minimum atomic E-state index is -0.0487. The summed E-state index contributed by atoms with van der Waals surface area (Å²) < 4.78 is 12.7. The molecule has 1 aliphatic heterocycles. The summed E-state index contributed by atoms with van der Waals surface area (Å²) in [6.45, 7) is 2.71. The lowest BCUT2D eigenvalue weighted by molar-refractivity contribution is -0.122. The number of amides is 1. The van der Waals surface area contributed by atoms with Crippen LogP contribution in [0.1, 0.15) is 12.5 Å². The van der Waals surface area contributed by atoms with Crippen molar-refractivity contribution in [2.24, 2.45) is 4.99 Å². The molecule has 2 aromatic rings. The number of carbonyl (C=O) groups excluding carboxylic acids is 1. The van der Waals surface area contributed by atoms with Crippen molar-refractivity contribution in [1.29, 1.82) is 0 Å². The van der Waals surface area contributed by atoms with Crippen LogP contribution in [0.2, 0.25) is 0 Å². The van der Waals surface area contributed by atoms with Gasteiger partial charge in [-0.25, -0.2) is 4.99 Å². The van der Waals surface area contributed by atoms with Crippen LogP contribution >= 0.6 is 56.9 Å². The fraction of sp³-hybridized carbons (Fsp3) is 0.182. The lowest BCUT2D eigenvalue weighted by Gasteiger charge is -2.12. The normalized spacial score (nSPS) is 16.2. The first kappa shape index (κ1) is 23.0. The molecular weight excluding hydrogens is 626 g/mol. The van der Waals surface area contributed by atoms with Gasteiger partial charge in [-0.1, -0.05) is 5.92 Å². The molecule has 0 unspecified atom stereocenters. The van der Waals surface area contributed by atoms with Gasteiger partial charge in [0.15, 0.2) is 5.17 Å². The van der Waals surface area contributed by atoms with Crippen LogP contribution in [0.15, 0.2) is 46.3 Å². The van der Waals surface area contributed by atoms with Gasteiger partial charge in [0.25, 0.3) is 5.91 Å². The summed E-state index contributed by atoms with van der Waals surface area (Å²) in [5, 5.41) is 0.664. The molecule has 30 heavy (non-hydrogen) atoms. The maximum Gasteiger partial charge on any atom is 0.266 e. The third-order valence-electron chi connectivity index (χ3n) is 4.12. The Hall–Kier alpha value is -1.71. The van der Waals surface area contributed by atoms with Gasteiger partial charge >= 0.3 is 0 Å². The van der Waals surface area contributed by atoms with Gasteiger partial charge < -0.3 is 9.47 Å². The van der Waals surface area contributed by atoms with E-state index in [1.807, 2.05) is 49.4 Å². The molecule has 3 rings (SSSR count). The second-order valence-electron chi connectivity index (χ2n) is 6.06. The number of benzene rings is 2. The minimum Gasteiger partial charge on any atom is -0.497 e. The summed E-state index contributed by atoms with van der Waals surface area (Å²) in [7, 11) is 1.62. The average molecular weight is 644 g/mol. The van der Waals surface area contributed by atoms with E-state index in [4.69, 9.17) is 15.9 Å². The van der Waals surface area contributed by atoms with E-state index >= 15 is 0 Å². The summed E-state index contributed by atoms with van der Waals surface area (Å²) in [6, 6.07) is 11.4. The van der Waals surface area contributed by atoms with Crippen LogP contribution in [0.5, 0.6) is 11.5 Å².